The van der Waals surface area contributed by atoms with Crippen molar-refractivity contribution in [2.75, 3.05) is 39.4 Å². The lowest BCUT2D eigenvalue weighted by molar-refractivity contribution is -0.131. The molecule has 4 nitrogen and oxygen atoms in total. The number of hydrogen-bond donors (Lipinski definition) is 0. The highest BCUT2D eigenvalue weighted by atomic mass is 16.5. The fraction of sp³-hybridized carbons (Fsp3) is 0.947. The van der Waals surface area contributed by atoms with E-state index in [1.165, 1.54) is 58.0 Å². The van der Waals surface area contributed by atoms with E-state index in [-0.39, 0.29) is 5.91 Å². The Morgan fingerprint density at radius 1 is 1.09 bits per heavy atom. The molecule has 4 heteroatoms. The molecule has 0 radical (unpaired) electrons. The number of carbonyl (C=O) groups is 1. The van der Waals surface area contributed by atoms with Crippen molar-refractivity contribution in [3.05, 3.63) is 0 Å². The summed E-state index contributed by atoms with van der Waals surface area (Å²) in [4.78, 5) is 16.4. The molecule has 1 unspecified atom stereocenters. The van der Waals surface area contributed by atoms with Crippen LogP contribution in [0.4, 0.5) is 0 Å². The Hall–Kier alpha value is -0.610. The molecule has 2 aliphatic carbocycles. The first-order chi connectivity index (χ1) is 11.1. The SMILES string of the molecule is CC(=O)N1CCC2(CC1)CC(COCC1CC1)N(CC1CC1)C2. The lowest BCUT2D eigenvalue weighted by Crippen LogP contribution is -2.43. The third kappa shape index (κ3) is 3.90. The molecule has 0 bridgehead atoms. The van der Waals surface area contributed by atoms with Gasteiger partial charge in [-0.3, -0.25) is 9.69 Å². The van der Waals surface area contributed by atoms with Crippen molar-refractivity contribution in [2.45, 2.75) is 57.9 Å². The Balaban J connectivity index is 1.33. The largest absolute Gasteiger partial charge is 0.380 e. The van der Waals surface area contributed by atoms with E-state index in [2.05, 4.69) is 4.90 Å². The van der Waals surface area contributed by atoms with Crippen molar-refractivity contribution in [3.8, 4) is 0 Å². The van der Waals surface area contributed by atoms with Crippen LogP contribution in [0.3, 0.4) is 0 Å². The van der Waals surface area contributed by atoms with E-state index in [1.807, 2.05) is 4.90 Å². The van der Waals surface area contributed by atoms with E-state index in [9.17, 15) is 4.79 Å². The zero-order valence-electron chi connectivity index (χ0n) is 14.6. The molecule has 1 atom stereocenters. The molecule has 0 aromatic rings. The predicted molar refractivity (Wildman–Crippen MR) is 90.2 cm³/mol. The number of likely N-dealkylation sites (tertiary alicyclic amines) is 2. The summed E-state index contributed by atoms with van der Waals surface area (Å²) in [7, 11) is 0. The number of amides is 1. The summed E-state index contributed by atoms with van der Waals surface area (Å²) in [6, 6.07) is 0.623. The first-order valence-electron chi connectivity index (χ1n) is 9.71. The minimum Gasteiger partial charge on any atom is -0.380 e. The number of hydrogen-bond acceptors (Lipinski definition) is 3. The maximum Gasteiger partial charge on any atom is 0.219 e. The molecule has 1 spiro atoms. The van der Waals surface area contributed by atoms with Gasteiger partial charge in [-0.05, 0) is 62.2 Å². The zero-order valence-corrected chi connectivity index (χ0v) is 14.6. The van der Waals surface area contributed by atoms with Gasteiger partial charge in [0, 0.05) is 45.8 Å². The first-order valence-corrected chi connectivity index (χ1v) is 9.71. The molecule has 4 fully saturated rings. The van der Waals surface area contributed by atoms with Crippen LogP contribution in [-0.2, 0) is 9.53 Å². The number of piperidine rings is 1. The third-order valence-corrected chi connectivity index (χ3v) is 6.54. The van der Waals surface area contributed by atoms with E-state index in [4.69, 9.17) is 4.74 Å². The van der Waals surface area contributed by atoms with Crippen molar-refractivity contribution in [1.82, 2.24) is 9.80 Å². The van der Waals surface area contributed by atoms with Crippen molar-refractivity contribution < 1.29 is 9.53 Å². The second-order valence-electron chi connectivity index (χ2n) is 8.72. The Kier molecular flexibility index (Phi) is 4.39. The Labute approximate surface area is 140 Å². The summed E-state index contributed by atoms with van der Waals surface area (Å²) in [6.45, 7) is 8.08. The summed E-state index contributed by atoms with van der Waals surface area (Å²) >= 11 is 0. The van der Waals surface area contributed by atoms with Gasteiger partial charge in [-0.15, -0.1) is 0 Å². The van der Waals surface area contributed by atoms with Gasteiger partial charge in [0.15, 0.2) is 0 Å². The number of carbonyl (C=O) groups excluding carboxylic acids is 1. The van der Waals surface area contributed by atoms with Crippen LogP contribution < -0.4 is 0 Å². The predicted octanol–water partition coefficient (Wildman–Crippen LogP) is 2.53. The van der Waals surface area contributed by atoms with Crippen LogP contribution in [0.1, 0.15) is 51.9 Å². The number of rotatable bonds is 6. The minimum absolute atomic E-state index is 0.247. The molecule has 4 aliphatic rings. The fourth-order valence-electron chi connectivity index (χ4n) is 4.58. The number of nitrogens with zero attached hydrogens (tertiary/aromatic N) is 2. The molecule has 0 aromatic heterocycles. The highest BCUT2D eigenvalue weighted by Crippen LogP contribution is 2.45. The molecule has 0 aromatic carbocycles. The minimum atomic E-state index is 0.247. The molecule has 2 aliphatic heterocycles. The lowest BCUT2D eigenvalue weighted by atomic mass is 9.76. The average Bonchev–Trinajstić information content (AvgIpc) is 3.42. The summed E-state index contributed by atoms with van der Waals surface area (Å²) in [5, 5.41) is 0. The fourth-order valence-corrected chi connectivity index (χ4v) is 4.58. The smallest absolute Gasteiger partial charge is 0.219 e. The molecule has 23 heavy (non-hydrogen) atoms. The van der Waals surface area contributed by atoms with Gasteiger partial charge in [-0.1, -0.05) is 0 Å². The third-order valence-electron chi connectivity index (χ3n) is 6.54. The van der Waals surface area contributed by atoms with Gasteiger partial charge in [0.25, 0.3) is 0 Å². The first kappa shape index (κ1) is 15.9. The lowest BCUT2D eigenvalue weighted by Gasteiger charge is -2.39. The maximum atomic E-state index is 11.6. The van der Waals surface area contributed by atoms with Gasteiger partial charge in [0.05, 0.1) is 6.61 Å². The van der Waals surface area contributed by atoms with Crippen LogP contribution >= 0.6 is 0 Å². The summed E-state index contributed by atoms with van der Waals surface area (Å²) in [6.07, 6.45) is 9.27. The second kappa shape index (κ2) is 6.36. The molecule has 4 rings (SSSR count). The summed E-state index contributed by atoms with van der Waals surface area (Å²) in [5.74, 6) is 2.06. The topological polar surface area (TPSA) is 32.8 Å². The van der Waals surface area contributed by atoms with Crippen molar-refractivity contribution in [2.24, 2.45) is 17.3 Å². The van der Waals surface area contributed by atoms with E-state index >= 15 is 0 Å². The monoisotopic (exact) mass is 320 g/mol. The normalized spacial score (nSPS) is 31.0. The van der Waals surface area contributed by atoms with Crippen LogP contribution in [0.15, 0.2) is 0 Å². The highest BCUT2D eigenvalue weighted by molar-refractivity contribution is 5.73. The van der Waals surface area contributed by atoms with Gasteiger partial charge in [-0.25, -0.2) is 0 Å². The molecule has 130 valence electrons. The van der Waals surface area contributed by atoms with E-state index in [0.29, 0.717) is 11.5 Å². The molecule has 2 saturated heterocycles. The van der Waals surface area contributed by atoms with Gasteiger partial charge in [-0.2, -0.15) is 0 Å². The van der Waals surface area contributed by atoms with E-state index < -0.39 is 0 Å². The Bertz CT molecular complexity index is 437. The Morgan fingerprint density at radius 2 is 1.78 bits per heavy atom. The molecule has 2 heterocycles. The van der Waals surface area contributed by atoms with Gasteiger partial charge < -0.3 is 9.64 Å². The zero-order chi connectivity index (χ0) is 15.9. The van der Waals surface area contributed by atoms with Crippen LogP contribution in [0.5, 0.6) is 0 Å². The van der Waals surface area contributed by atoms with Crippen LogP contribution in [0, 0.1) is 17.3 Å². The maximum absolute atomic E-state index is 11.6. The average molecular weight is 320 g/mol. The second-order valence-corrected chi connectivity index (χ2v) is 8.72. The molecule has 1 amide bonds. The van der Waals surface area contributed by atoms with E-state index in [1.54, 1.807) is 6.92 Å². The highest BCUT2D eigenvalue weighted by Gasteiger charge is 2.46. The quantitative estimate of drug-likeness (QED) is 0.754. The molecule has 2 saturated carbocycles. The van der Waals surface area contributed by atoms with Crippen LogP contribution in [0.2, 0.25) is 0 Å². The van der Waals surface area contributed by atoms with Gasteiger partial charge >= 0.3 is 0 Å². The van der Waals surface area contributed by atoms with Crippen molar-refractivity contribution in [1.29, 1.82) is 0 Å². The van der Waals surface area contributed by atoms with Crippen molar-refractivity contribution in [3.63, 3.8) is 0 Å². The number of ether oxygens (including phenoxy) is 1. The molecular weight excluding hydrogens is 288 g/mol. The van der Waals surface area contributed by atoms with Gasteiger partial charge in [0.1, 0.15) is 0 Å². The summed E-state index contributed by atoms with van der Waals surface area (Å²) in [5.41, 5.74) is 0.453. The van der Waals surface area contributed by atoms with Gasteiger partial charge in [0.2, 0.25) is 5.91 Å². The van der Waals surface area contributed by atoms with Crippen molar-refractivity contribution >= 4 is 5.91 Å². The Morgan fingerprint density at radius 3 is 2.39 bits per heavy atom. The van der Waals surface area contributed by atoms with Crippen LogP contribution in [-0.4, -0.2) is 61.1 Å². The summed E-state index contributed by atoms with van der Waals surface area (Å²) < 4.78 is 6.06. The molecule has 0 N–H and O–H groups in total. The standard InChI is InChI=1S/C19H32N2O2/c1-15(22)20-8-6-19(7-9-20)10-18(13-23-12-17-4-5-17)21(14-19)11-16-2-3-16/h16-18H,2-14H2,1H3. The van der Waals surface area contributed by atoms with E-state index in [0.717, 1.165) is 38.1 Å². The van der Waals surface area contributed by atoms with Crippen LogP contribution in [0.25, 0.3) is 0 Å². The molecular formula is C19H32N2O2.